The van der Waals surface area contributed by atoms with Gasteiger partial charge in [-0.15, -0.1) is 0 Å². The molecule has 16 heavy (non-hydrogen) atoms. The number of benzene rings is 1. The predicted molar refractivity (Wildman–Crippen MR) is 75.1 cm³/mol. The van der Waals surface area contributed by atoms with Gasteiger partial charge in [-0.3, -0.25) is 4.79 Å². The summed E-state index contributed by atoms with van der Waals surface area (Å²) in [6, 6.07) is 5.56. The van der Waals surface area contributed by atoms with E-state index in [0.717, 1.165) is 27.1 Å². The lowest BCUT2D eigenvalue weighted by molar-refractivity contribution is 0.0936. The SMILES string of the molecule is O=C(NC1(CBr)CC1)c1cc(Br)cc(Br)c1. The van der Waals surface area contributed by atoms with E-state index in [4.69, 9.17) is 0 Å². The maximum absolute atomic E-state index is 12.0. The van der Waals surface area contributed by atoms with Gasteiger partial charge in [0.15, 0.2) is 0 Å². The van der Waals surface area contributed by atoms with Crippen LogP contribution in [-0.2, 0) is 0 Å². The van der Waals surface area contributed by atoms with Crippen LogP contribution in [-0.4, -0.2) is 16.8 Å². The molecule has 1 fully saturated rings. The van der Waals surface area contributed by atoms with Crippen LogP contribution in [0.5, 0.6) is 0 Å². The molecule has 2 rings (SSSR count). The molecule has 2 nitrogen and oxygen atoms in total. The van der Waals surface area contributed by atoms with E-state index in [1.807, 2.05) is 18.2 Å². The number of rotatable bonds is 3. The smallest absolute Gasteiger partial charge is 0.251 e. The van der Waals surface area contributed by atoms with Crippen LogP contribution in [0.2, 0.25) is 0 Å². The van der Waals surface area contributed by atoms with Gasteiger partial charge in [-0.05, 0) is 31.0 Å². The first-order chi connectivity index (χ1) is 7.54. The Kier molecular flexibility index (Phi) is 3.76. The summed E-state index contributed by atoms with van der Waals surface area (Å²) in [6.45, 7) is 0. The van der Waals surface area contributed by atoms with Crippen LogP contribution in [0.15, 0.2) is 27.1 Å². The minimum atomic E-state index is -0.0149. The number of hydrogen-bond acceptors (Lipinski definition) is 1. The summed E-state index contributed by atoms with van der Waals surface area (Å²) in [6.07, 6.45) is 2.11. The number of carbonyl (C=O) groups is 1. The topological polar surface area (TPSA) is 29.1 Å². The third-order valence-corrected chi connectivity index (χ3v) is 4.60. The molecular weight excluding hydrogens is 402 g/mol. The lowest BCUT2D eigenvalue weighted by Gasteiger charge is -2.14. The molecular formula is C11H10Br3NO. The third kappa shape index (κ3) is 2.87. The molecule has 1 aliphatic carbocycles. The zero-order valence-electron chi connectivity index (χ0n) is 8.40. The van der Waals surface area contributed by atoms with E-state index in [9.17, 15) is 4.79 Å². The molecule has 1 N–H and O–H groups in total. The van der Waals surface area contributed by atoms with Crippen LogP contribution in [0.25, 0.3) is 0 Å². The van der Waals surface area contributed by atoms with Crippen molar-refractivity contribution in [3.63, 3.8) is 0 Å². The second-order valence-corrected chi connectivity index (χ2v) is 6.42. The van der Waals surface area contributed by atoms with Crippen LogP contribution in [0.1, 0.15) is 23.2 Å². The van der Waals surface area contributed by atoms with Crippen LogP contribution in [0.4, 0.5) is 0 Å². The van der Waals surface area contributed by atoms with Crippen molar-refractivity contribution >= 4 is 53.7 Å². The molecule has 0 unspecified atom stereocenters. The van der Waals surface area contributed by atoms with Crippen molar-refractivity contribution in [1.29, 1.82) is 0 Å². The highest BCUT2D eigenvalue weighted by atomic mass is 79.9. The van der Waals surface area contributed by atoms with Crippen molar-refractivity contribution in [2.24, 2.45) is 0 Å². The number of carbonyl (C=O) groups excluding carboxylic acids is 1. The maximum atomic E-state index is 12.0. The number of alkyl halides is 1. The Morgan fingerprint density at radius 3 is 2.25 bits per heavy atom. The average Bonchev–Trinajstić information content (AvgIpc) is 2.97. The minimum Gasteiger partial charge on any atom is -0.346 e. The zero-order chi connectivity index (χ0) is 11.8. The zero-order valence-corrected chi connectivity index (χ0v) is 13.2. The Balaban J connectivity index is 2.14. The first-order valence-electron chi connectivity index (χ1n) is 4.89. The van der Waals surface area contributed by atoms with Gasteiger partial charge in [-0.1, -0.05) is 47.8 Å². The third-order valence-electron chi connectivity index (χ3n) is 2.61. The molecule has 0 aromatic heterocycles. The molecule has 0 heterocycles. The molecule has 1 saturated carbocycles. The Labute approximate surface area is 120 Å². The number of nitrogens with one attached hydrogen (secondary N) is 1. The fraction of sp³-hybridized carbons (Fsp3) is 0.364. The molecule has 1 aromatic carbocycles. The summed E-state index contributed by atoms with van der Waals surface area (Å²) in [5.74, 6) is -0.0149. The summed E-state index contributed by atoms with van der Waals surface area (Å²) >= 11 is 10.2. The van der Waals surface area contributed by atoms with Crippen molar-refractivity contribution < 1.29 is 4.79 Å². The van der Waals surface area contributed by atoms with Crippen molar-refractivity contribution in [2.75, 3.05) is 5.33 Å². The highest BCUT2D eigenvalue weighted by Gasteiger charge is 2.42. The Morgan fingerprint density at radius 1 is 1.25 bits per heavy atom. The highest BCUT2D eigenvalue weighted by Crippen LogP contribution is 2.37. The van der Waals surface area contributed by atoms with Gasteiger partial charge in [-0.25, -0.2) is 0 Å². The van der Waals surface area contributed by atoms with Crippen molar-refractivity contribution in [3.05, 3.63) is 32.7 Å². The number of halogens is 3. The van der Waals surface area contributed by atoms with E-state index in [2.05, 4.69) is 53.1 Å². The fourth-order valence-corrected chi connectivity index (χ4v) is 3.44. The first kappa shape index (κ1) is 12.6. The summed E-state index contributed by atoms with van der Waals surface area (Å²) in [5.41, 5.74) is 0.666. The van der Waals surface area contributed by atoms with Crippen LogP contribution >= 0.6 is 47.8 Å². The Bertz CT molecular complexity index is 409. The fourth-order valence-electron chi connectivity index (χ4n) is 1.44. The summed E-state index contributed by atoms with van der Waals surface area (Å²) in [7, 11) is 0. The van der Waals surface area contributed by atoms with Gasteiger partial charge in [-0.2, -0.15) is 0 Å². The van der Waals surface area contributed by atoms with E-state index in [-0.39, 0.29) is 11.4 Å². The molecule has 5 heteroatoms. The Hall–Kier alpha value is 0.130. The molecule has 86 valence electrons. The monoisotopic (exact) mass is 409 g/mol. The van der Waals surface area contributed by atoms with Crippen molar-refractivity contribution in [3.8, 4) is 0 Å². The van der Waals surface area contributed by atoms with Gasteiger partial charge in [0.05, 0.1) is 5.54 Å². The first-order valence-corrected chi connectivity index (χ1v) is 7.60. The van der Waals surface area contributed by atoms with E-state index in [0.29, 0.717) is 5.56 Å². The summed E-state index contributed by atoms with van der Waals surface area (Å²) < 4.78 is 1.80. The largest absolute Gasteiger partial charge is 0.346 e. The molecule has 0 radical (unpaired) electrons. The van der Waals surface area contributed by atoms with E-state index in [1.54, 1.807) is 0 Å². The van der Waals surface area contributed by atoms with Crippen molar-refractivity contribution in [1.82, 2.24) is 5.32 Å². The molecule has 0 atom stereocenters. The standard InChI is InChI=1S/C11H10Br3NO/c12-6-11(1-2-11)15-10(16)7-3-8(13)5-9(14)4-7/h3-5H,1-2,6H2,(H,15,16). The quantitative estimate of drug-likeness (QED) is 0.752. The van der Waals surface area contributed by atoms with E-state index < -0.39 is 0 Å². The predicted octanol–water partition coefficient (Wildman–Crippen LogP) is 3.87. The average molecular weight is 412 g/mol. The van der Waals surface area contributed by atoms with Crippen LogP contribution in [0, 0.1) is 0 Å². The molecule has 1 aromatic rings. The van der Waals surface area contributed by atoms with Crippen molar-refractivity contribution in [2.45, 2.75) is 18.4 Å². The molecule has 0 bridgehead atoms. The number of amides is 1. The van der Waals surface area contributed by atoms with E-state index in [1.165, 1.54) is 0 Å². The van der Waals surface area contributed by atoms with Crippen LogP contribution in [0.3, 0.4) is 0 Å². The second-order valence-electron chi connectivity index (χ2n) is 4.03. The summed E-state index contributed by atoms with van der Waals surface area (Å²) in [4.78, 5) is 12.0. The van der Waals surface area contributed by atoms with E-state index >= 15 is 0 Å². The van der Waals surface area contributed by atoms with Gasteiger partial charge in [0.1, 0.15) is 0 Å². The minimum absolute atomic E-state index is 0.00806. The Morgan fingerprint density at radius 2 is 1.81 bits per heavy atom. The molecule has 1 aliphatic rings. The highest BCUT2D eigenvalue weighted by molar-refractivity contribution is 9.11. The van der Waals surface area contributed by atoms with Gasteiger partial charge in [0, 0.05) is 19.8 Å². The lowest BCUT2D eigenvalue weighted by atomic mass is 10.2. The van der Waals surface area contributed by atoms with Gasteiger partial charge in [0.2, 0.25) is 0 Å². The molecule has 0 spiro atoms. The second kappa shape index (κ2) is 4.78. The number of hydrogen-bond donors (Lipinski definition) is 1. The van der Waals surface area contributed by atoms with Gasteiger partial charge < -0.3 is 5.32 Å². The molecule has 0 saturated heterocycles. The normalized spacial score (nSPS) is 16.9. The maximum Gasteiger partial charge on any atom is 0.251 e. The summed E-state index contributed by atoms with van der Waals surface area (Å²) in [5, 5.41) is 3.88. The molecule has 0 aliphatic heterocycles. The van der Waals surface area contributed by atoms with Crippen LogP contribution < -0.4 is 5.32 Å². The molecule has 1 amide bonds. The van der Waals surface area contributed by atoms with Gasteiger partial charge >= 0.3 is 0 Å². The van der Waals surface area contributed by atoms with Gasteiger partial charge in [0.25, 0.3) is 5.91 Å². The lowest BCUT2D eigenvalue weighted by Crippen LogP contribution is -2.38.